The molecular weight excluding hydrogens is 388 g/mol. The van der Waals surface area contributed by atoms with E-state index in [1.54, 1.807) is 30.3 Å². The summed E-state index contributed by atoms with van der Waals surface area (Å²) in [6, 6.07) is 16.2. The van der Waals surface area contributed by atoms with Gasteiger partial charge in [-0.2, -0.15) is 0 Å². The van der Waals surface area contributed by atoms with Crippen LogP contribution < -0.4 is 4.74 Å². The Hall–Kier alpha value is -3.00. The lowest BCUT2D eigenvalue weighted by atomic mass is 10.1. The predicted molar refractivity (Wildman–Crippen MR) is 99.9 cm³/mol. The van der Waals surface area contributed by atoms with Crippen LogP contribution in [0.5, 0.6) is 5.75 Å². The largest absolute Gasteiger partial charge is 0.504 e. The molecule has 0 radical (unpaired) electrons. The minimum absolute atomic E-state index is 0.259. The first-order valence-electron chi connectivity index (χ1n) is 7.66. The minimum Gasteiger partial charge on any atom is -0.497 e. The second kappa shape index (κ2) is 6.96. The van der Waals surface area contributed by atoms with Gasteiger partial charge in [0.15, 0.2) is 0 Å². The van der Waals surface area contributed by atoms with Gasteiger partial charge >= 0.3 is 4.38 Å². The molecule has 0 fully saturated rings. The van der Waals surface area contributed by atoms with Gasteiger partial charge in [-0.25, -0.2) is 16.8 Å². The van der Waals surface area contributed by atoms with E-state index in [9.17, 15) is 22.4 Å². The Kier molecular flexibility index (Phi) is 4.84. The maximum absolute atomic E-state index is 13.0. The van der Waals surface area contributed by atoms with Gasteiger partial charge in [0.2, 0.25) is 0 Å². The van der Waals surface area contributed by atoms with Crippen LogP contribution in [0, 0.1) is 0 Å². The molecule has 0 aliphatic heterocycles. The van der Waals surface area contributed by atoms with E-state index in [2.05, 4.69) is 4.79 Å². The highest BCUT2D eigenvalue weighted by Gasteiger charge is 2.44. The minimum atomic E-state index is -4.62. The highest BCUT2D eigenvalue weighted by molar-refractivity contribution is 8.31. The second-order valence-corrected chi connectivity index (χ2v) is 9.48. The van der Waals surface area contributed by atoms with Crippen molar-refractivity contribution in [2.45, 2.75) is 9.79 Å². The van der Waals surface area contributed by atoms with Crippen molar-refractivity contribution in [3.63, 3.8) is 0 Å². The number of methoxy groups -OCH3 is 1. The van der Waals surface area contributed by atoms with Gasteiger partial charge in [-0.3, -0.25) is 0 Å². The molecule has 0 aliphatic rings. The Morgan fingerprint density at radius 3 is 2.11 bits per heavy atom. The second-order valence-electron chi connectivity index (χ2n) is 5.53. The Morgan fingerprint density at radius 1 is 0.852 bits per heavy atom. The van der Waals surface area contributed by atoms with Gasteiger partial charge in [-0.05, 0) is 35.7 Å². The third-order valence-electron chi connectivity index (χ3n) is 3.95. The molecule has 0 atom stereocenters. The van der Waals surface area contributed by atoms with Gasteiger partial charge in [-0.1, -0.05) is 36.4 Å². The van der Waals surface area contributed by atoms with Crippen LogP contribution in [0.25, 0.3) is 16.3 Å². The molecule has 0 saturated carbocycles. The van der Waals surface area contributed by atoms with Crippen LogP contribution in [-0.4, -0.2) is 33.1 Å². The smallest absolute Gasteiger partial charge is 0.497 e. The highest BCUT2D eigenvalue weighted by Crippen LogP contribution is 2.27. The molecule has 27 heavy (non-hydrogen) atoms. The molecule has 3 rings (SSSR count). The monoisotopic (exact) mass is 402 g/mol. The van der Waals surface area contributed by atoms with Crippen LogP contribution in [0.2, 0.25) is 0 Å². The van der Waals surface area contributed by atoms with E-state index in [0.717, 1.165) is 0 Å². The number of benzene rings is 3. The third-order valence-corrected chi connectivity index (χ3v) is 8.18. The number of hydrogen-bond acceptors (Lipinski definition) is 5. The van der Waals surface area contributed by atoms with Crippen molar-refractivity contribution in [2.75, 3.05) is 7.11 Å². The molecule has 0 unspecified atom stereocenters. The summed E-state index contributed by atoms with van der Waals surface area (Å²) in [5, 5.41) is 0.934. The molecule has 138 valence electrons. The molecule has 9 heteroatoms. The molecule has 0 aliphatic carbocycles. The van der Waals surface area contributed by atoms with Gasteiger partial charge in [-0.15, -0.1) is 4.79 Å². The summed E-state index contributed by atoms with van der Waals surface area (Å²) >= 11 is 0. The average Bonchev–Trinajstić information content (AvgIpc) is 2.67. The van der Waals surface area contributed by atoms with Crippen molar-refractivity contribution in [1.29, 1.82) is 0 Å². The van der Waals surface area contributed by atoms with Crippen molar-refractivity contribution in [1.82, 2.24) is 0 Å². The van der Waals surface area contributed by atoms with Gasteiger partial charge in [0.25, 0.3) is 19.7 Å². The lowest BCUT2D eigenvalue weighted by molar-refractivity contribution is 0.00381. The number of nitrogens with zero attached hydrogens (tertiary/aromatic N) is 2. The maximum atomic E-state index is 13.0. The van der Waals surface area contributed by atoms with E-state index in [1.165, 1.54) is 43.5 Å². The number of fused-ring (bicyclic) bond motifs is 1. The van der Waals surface area contributed by atoms with Crippen LogP contribution in [0.3, 0.4) is 0 Å². The topological polar surface area (TPSA) is 114 Å². The molecule has 0 N–H and O–H groups in total. The van der Waals surface area contributed by atoms with Crippen molar-refractivity contribution < 1.29 is 26.4 Å². The summed E-state index contributed by atoms with van der Waals surface area (Å²) < 4.78 is 55.3. The Labute approximate surface area is 156 Å². The van der Waals surface area contributed by atoms with Crippen molar-refractivity contribution in [3.8, 4) is 5.75 Å². The zero-order valence-corrected chi connectivity index (χ0v) is 15.7. The number of ether oxygens (including phenoxy) is 1. The van der Waals surface area contributed by atoms with Crippen LogP contribution in [-0.2, 0) is 19.7 Å². The summed E-state index contributed by atoms with van der Waals surface area (Å²) in [6.07, 6.45) is 0. The zero-order valence-electron chi connectivity index (χ0n) is 14.1. The zero-order chi connectivity index (χ0) is 19.7. The van der Waals surface area contributed by atoms with Crippen LogP contribution in [0.4, 0.5) is 0 Å². The first-order valence-corrected chi connectivity index (χ1v) is 10.6. The quantitative estimate of drug-likeness (QED) is 0.289. The molecule has 0 aromatic heterocycles. The summed E-state index contributed by atoms with van der Waals surface area (Å²) in [6.45, 7) is 0. The van der Waals surface area contributed by atoms with Crippen LogP contribution in [0.15, 0.2) is 76.5 Å². The molecule has 0 spiro atoms. The van der Waals surface area contributed by atoms with E-state index in [1.807, 2.05) is 0 Å². The van der Waals surface area contributed by atoms with Crippen LogP contribution in [0.1, 0.15) is 0 Å². The average molecular weight is 402 g/mol. The molecule has 3 aromatic carbocycles. The highest BCUT2D eigenvalue weighted by atomic mass is 32.3. The number of hydrogen-bond donors (Lipinski definition) is 0. The van der Waals surface area contributed by atoms with Crippen molar-refractivity contribution >= 4 is 34.8 Å². The maximum Gasteiger partial charge on any atom is 0.504 e. The van der Waals surface area contributed by atoms with Gasteiger partial charge in [0.1, 0.15) is 5.75 Å². The Morgan fingerprint density at radius 2 is 1.48 bits per heavy atom. The fraction of sp³-hybridized carbons (Fsp3) is 0.0556. The van der Waals surface area contributed by atoms with E-state index in [4.69, 9.17) is 4.74 Å². The summed E-state index contributed by atoms with van der Waals surface area (Å²) in [7, 11) is -7.80. The van der Waals surface area contributed by atoms with Gasteiger partial charge in [0, 0.05) is 5.39 Å². The standard InChI is InChI=1S/C18H14N2O5S2/c1-25-14-9-11-15(12-10-14)26(21,22)18(20-19)27(23,24)17-8-4-6-13-5-2-3-7-16(13)17/h2-12H,1H3. The number of sulfone groups is 2. The molecule has 0 bridgehead atoms. The molecule has 0 saturated heterocycles. The van der Waals surface area contributed by atoms with Gasteiger partial charge in [0.05, 0.1) is 16.9 Å². The predicted octanol–water partition coefficient (Wildman–Crippen LogP) is 2.68. The SMILES string of the molecule is COc1ccc(S(=O)(=O)C(=[N+]=[N-])S(=O)(=O)c2cccc3ccccc23)cc1. The van der Waals surface area contributed by atoms with E-state index in [0.29, 0.717) is 16.5 Å². The summed E-state index contributed by atoms with van der Waals surface area (Å²) in [5.74, 6) is 0.397. The lowest BCUT2D eigenvalue weighted by Crippen LogP contribution is -2.26. The Balaban J connectivity index is 2.20. The fourth-order valence-electron chi connectivity index (χ4n) is 2.63. The van der Waals surface area contributed by atoms with Crippen molar-refractivity contribution in [3.05, 3.63) is 72.3 Å². The van der Waals surface area contributed by atoms with E-state index < -0.39 is 24.1 Å². The molecule has 7 nitrogen and oxygen atoms in total. The summed E-state index contributed by atoms with van der Waals surface area (Å²) in [5.41, 5.74) is 9.30. The molecular formula is C18H14N2O5S2. The normalized spacial score (nSPS) is 11.7. The van der Waals surface area contributed by atoms with Crippen molar-refractivity contribution in [2.24, 2.45) is 0 Å². The molecule has 0 heterocycles. The lowest BCUT2D eigenvalue weighted by Gasteiger charge is -2.06. The van der Waals surface area contributed by atoms with Crippen LogP contribution >= 0.6 is 0 Å². The third kappa shape index (κ3) is 3.23. The van der Waals surface area contributed by atoms with E-state index >= 15 is 0 Å². The van der Waals surface area contributed by atoms with E-state index in [-0.39, 0.29) is 9.79 Å². The fourth-order valence-corrected chi connectivity index (χ4v) is 6.18. The first-order chi connectivity index (χ1) is 12.8. The summed E-state index contributed by atoms with van der Waals surface area (Å²) in [4.78, 5) is 2.05. The Bertz CT molecular complexity index is 1270. The number of rotatable bonds is 3. The molecule has 3 aromatic rings. The van der Waals surface area contributed by atoms with Gasteiger partial charge < -0.3 is 10.3 Å². The molecule has 0 amide bonds. The first kappa shape index (κ1) is 18.8.